The van der Waals surface area contributed by atoms with Crippen LogP contribution in [0.1, 0.15) is 29.8 Å². The van der Waals surface area contributed by atoms with Gasteiger partial charge in [0.2, 0.25) is 0 Å². The number of halogens is 1. The van der Waals surface area contributed by atoms with E-state index in [1.807, 2.05) is 43.5 Å². The molecule has 106 valence electrons. The van der Waals surface area contributed by atoms with Crippen LogP contribution in [0, 0.1) is 5.82 Å². The van der Waals surface area contributed by atoms with Crippen LogP contribution in [0.2, 0.25) is 0 Å². The molecule has 0 spiro atoms. The van der Waals surface area contributed by atoms with Gasteiger partial charge in [0.05, 0.1) is 5.41 Å². The van der Waals surface area contributed by atoms with Crippen LogP contribution in [0.3, 0.4) is 0 Å². The van der Waals surface area contributed by atoms with Crippen LogP contribution in [-0.4, -0.2) is 5.78 Å². The zero-order chi connectivity index (χ0) is 15.0. The van der Waals surface area contributed by atoms with E-state index in [-0.39, 0.29) is 11.6 Å². The Balaban J connectivity index is 2.08. The highest BCUT2D eigenvalue weighted by Gasteiger charge is 2.31. The third-order valence-corrected chi connectivity index (χ3v) is 4.82. The number of carbonyl (C=O) groups excluding carboxylic acids is 1. The Morgan fingerprint density at radius 2 is 1.76 bits per heavy atom. The number of Topliss-reactive ketones (excluding diaryl/α,β-unsaturated/α-hetero) is 1. The predicted octanol–water partition coefficient (Wildman–Crippen LogP) is 5.20. The number of ketones is 1. The van der Waals surface area contributed by atoms with Crippen LogP contribution in [0.5, 0.6) is 0 Å². The lowest BCUT2D eigenvalue weighted by atomic mass is 9.78. The first kappa shape index (κ1) is 14.0. The largest absolute Gasteiger partial charge is 0.293 e. The molecule has 0 amide bonds. The van der Waals surface area contributed by atoms with Crippen LogP contribution in [0.4, 0.5) is 4.39 Å². The topological polar surface area (TPSA) is 17.1 Å². The molecule has 1 heterocycles. The molecule has 0 unspecified atom stereocenters. The minimum absolute atomic E-state index is 0.0576. The van der Waals surface area contributed by atoms with E-state index in [1.165, 1.54) is 12.1 Å². The fourth-order valence-corrected chi connectivity index (χ4v) is 3.42. The van der Waals surface area contributed by atoms with Gasteiger partial charge in [0.25, 0.3) is 0 Å². The fourth-order valence-electron chi connectivity index (χ4n) is 2.51. The number of benzene rings is 2. The quantitative estimate of drug-likeness (QED) is 0.607. The highest BCUT2D eigenvalue weighted by molar-refractivity contribution is 7.17. The van der Waals surface area contributed by atoms with Crippen LogP contribution in [0.15, 0.2) is 53.9 Å². The van der Waals surface area contributed by atoms with E-state index < -0.39 is 5.41 Å². The van der Waals surface area contributed by atoms with E-state index in [0.717, 1.165) is 21.2 Å². The van der Waals surface area contributed by atoms with Crippen molar-refractivity contribution in [2.24, 2.45) is 0 Å². The Bertz CT molecular complexity index is 799. The predicted molar refractivity (Wildman–Crippen MR) is 85.6 cm³/mol. The SMILES string of the molecule is CC(C)(C(=O)c1cccc2ccsc12)c1ccc(F)cc1. The van der Waals surface area contributed by atoms with Crippen molar-refractivity contribution in [2.45, 2.75) is 19.3 Å². The maximum atomic E-state index is 13.1. The van der Waals surface area contributed by atoms with Crippen molar-refractivity contribution in [3.63, 3.8) is 0 Å². The molecular weight excluding hydrogens is 283 g/mol. The summed E-state index contributed by atoms with van der Waals surface area (Å²) in [6.07, 6.45) is 0. The molecule has 21 heavy (non-hydrogen) atoms. The second-order valence-corrected chi connectivity index (χ2v) is 6.52. The fraction of sp³-hybridized carbons (Fsp3) is 0.167. The lowest BCUT2D eigenvalue weighted by Gasteiger charge is -2.24. The summed E-state index contributed by atoms with van der Waals surface area (Å²) in [7, 11) is 0. The van der Waals surface area contributed by atoms with E-state index in [0.29, 0.717) is 0 Å². The van der Waals surface area contributed by atoms with Gasteiger partial charge >= 0.3 is 0 Å². The first-order chi connectivity index (χ1) is 10.00. The molecule has 0 radical (unpaired) electrons. The summed E-state index contributed by atoms with van der Waals surface area (Å²) in [5.74, 6) is -0.232. The van der Waals surface area contributed by atoms with E-state index >= 15 is 0 Å². The number of hydrogen-bond donors (Lipinski definition) is 0. The third-order valence-electron chi connectivity index (χ3n) is 3.86. The average Bonchev–Trinajstić information content (AvgIpc) is 2.95. The zero-order valence-corrected chi connectivity index (χ0v) is 12.7. The first-order valence-electron chi connectivity index (χ1n) is 6.77. The van der Waals surface area contributed by atoms with E-state index in [4.69, 9.17) is 0 Å². The van der Waals surface area contributed by atoms with Crippen molar-refractivity contribution in [1.82, 2.24) is 0 Å². The maximum absolute atomic E-state index is 13.1. The molecule has 1 aromatic heterocycles. The Hall–Kier alpha value is -2.00. The minimum atomic E-state index is -0.689. The van der Waals surface area contributed by atoms with Crippen LogP contribution >= 0.6 is 11.3 Å². The smallest absolute Gasteiger partial charge is 0.174 e. The van der Waals surface area contributed by atoms with Crippen molar-refractivity contribution in [2.75, 3.05) is 0 Å². The molecule has 0 aliphatic rings. The van der Waals surface area contributed by atoms with Crippen molar-refractivity contribution in [1.29, 1.82) is 0 Å². The van der Waals surface area contributed by atoms with E-state index in [2.05, 4.69) is 0 Å². The second-order valence-electron chi connectivity index (χ2n) is 5.61. The molecule has 0 atom stereocenters. The van der Waals surface area contributed by atoms with Gasteiger partial charge in [0, 0.05) is 10.3 Å². The molecule has 0 aliphatic carbocycles. The molecule has 0 saturated carbocycles. The summed E-state index contributed by atoms with van der Waals surface area (Å²) in [6, 6.07) is 14.0. The molecule has 3 rings (SSSR count). The van der Waals surface area contributed by atoms with Crippen molar-refractivity contribution in [3.8, 4) is 0 Å². The first-order valence-corrected chi connectivity index (χ1v) is 7.65. The second kappa shape index (κ2) is 5.08. The van der Waals surface area contributed by atoms with Gasteiger partial charge in [-0.15, -0.1) is 11.3 Å². The Morgan fingerprint density at radius 3 is 2.48 bits per heavy atom. The van der Waals surface area contributed by atoms with Crippen LogP contribution < -0.4 is 0 Å². The highest BCUT2D eigenvalue weighted by Crippen LogP contribution is 2.32. The lowest BCUT2D eigenvalue weighted by Crippen LogP contribution is -2.29. The molecule has 3 heteroatoms. The molecule has 1 nitrogen and oxygen atoms in total. The standard InChI is InChI=1S/C18H15FOS/c1-18(2,13-6-8-14(19)9-7-13)17(20)15-5-3-4-12-10-11-21-16(12)15/h3-11H,1-2H3. The summed E-state index contributed by atoms with van der Waals surface area (Å²) in [5, 5.41) is 3.08. The van der Waals surface area contributed by atoms with Gasteiger partial charge in [-0.3, -0.25) is 4.79 Å². The van der Waals surface area contributed by atoms with Gasteiger partial charge in [-0.05, 0) is 54.4 Å². The third kappa shape index (κ3) is 2.38. The molecule has 0 aliphatic heterocycles. The number of thiophene rings is 1. The van der Waals surface area contributed by atoms with Gasteiger partial charge in [-0.1, -0.05) is 24.3 Å². The lowest BCUT2D eigenvalue weighted by molar-refractivity contribution is 0.0910. The van der Waals surface area contributed by atoms with Crippen molar-refractivity contribution >= 4 is 27.2 Å². The molecule has 0 N–H and O–H groups in total. The number of hydrogen-bond acceptors (Lipinski definition) is 2. The van der Waals surface area contributed by atoms with Gasteiger partial charge in [0.15, 0.2) is 5.78 Å². The van der Waals surface area contributed by atoms with E-state index in [9.17, 15) is 9.18 Å². The number of rotatable bonds is 3. The molecular formula is C18H15FOS. The van der Waals surface area contributed by atoms with E-state index in [1.54, 1.807) is 23.5 Å². The maximum Gasteiger partial charge on any atom is 0.174 e. The van der Waals surface area contributed by atoms with Crippen LogP contribution in [0.25, 0.3) is 10.1 Å². The number of carbonyl (C=O) groups is 1. The molecule has 2 aromatic carbocycles. The van der Waals surface area contributed by atoms with Gasteiger partial charge in [-0.25, -0.2) is 4.39 Å². The van der Waals surface area contributed by atoms with Crippen molar-refractivity contribution in [3.05, 3.63) is 70.9 Å². The molecule has 0 bridgehead atoms. The van der Waals surface area contributed by atoms with Gasteiger partial charge < -0.3 is 0 Å². The summed E-state index contributed by atoms with van der Waals surface area (Å²) in [6.45, 7) is 3.77. The summed E-state index contributed by atoms with van der Waals surface area (Å²) in [4.78, 5) is 13.0. The van der Waals surface area contributed by atoms with Gasteiger partial charge in [-0.2, -0.15) is 0 Å². The Kier molecular flexibility index (Phi) is 3.38. The zero-order valence-electron chi connectivity index (χ0n) is 11.9. The highest BCUT2D eigenvalue weighted by atomic mass is 32.1. The van der Waals surface area contributed by atoms with Crippen LogP contribution in [-0.2, 0) is 5.41 Å². The van der Waals surface area contributed by atoms with Gasteiger partial charge in [0.1, 0.15) is 5.82 Å². The summed E-state index contributed by atoms with van der Waals surface area (Å²) < 4.78 is 14.1. The molecule has 0 saturated heterocycles. The Morgan fingerprint density at radius 1 is 1.05 bits per heavy atom. The Labute approximate surface area is 127 Å². The summed E-state index contributed by atoms with van der Waals surface area (Å²) >= 11 is 1.58. The minimum Gasteiger partial charge on any atom is -0.293 e. The average molecular weight is 298 g/mol. The monoisotopic (exact) mass is 298 g/mol. The molecule has 0 fully saturated rings. The number of fused-ring (bicyclic) bond motifs is 1. The van der Waals surface area contributed by atoms with Crippen molar-refractivity contribution < 1.29 is 9.18 Å². The summed E-state index contributed by atoms with van der Waals surface area (Å²) in [5.41, 5.74) is 0.866. The molecule has 3 aromatic rings. The normalized spacial score (nSPS) is 11.8.